The number of alkyl halides is 2. The molecular formula is C41H57F3N2O3Si. The van der Waals surface area contributed by atoms with Gasteiger partial charge in [-0.15, -0.1) is 0 Å². The van der Waals surface area contributed by atoms with Gasteiger partial charge in [0.05, 0.1) is 12.2 Å². The van der Waals surface area contributed by atoms with Gasteiger partial charge in [-0.25, -0.2) is 14.4 Å². The molecule has 3 aromatic rings. The van der Waals surface area contributed by atoms with Gasteiger partial charge >= 0.3 is 5.92 Å². The highest BCUT2D eigenvalue weighted by Crippen LogP contribution is 2.49. The predicted molar refractivity (Wildman–Crippen MR) is 198 cm³/mol. The van der Waals surface area contributed by atoms with Crippen LogP contribution in [0.3, 0.4) is 0 Å². The molecule has 0 spiro atoms. The van der Waals surface area contributed by atoms with Crippen LogP contribution in [-0.2, 0) is 10.7 Å². The van der Waals surface area contributed by atoms with Crippen molar-refractivity contribution in [3.8, 4) is 34.0 Å². The second-order valence-corrected chi connectivity index (χ2v) is 15.8. The number of hydrogen-bond acceptors (Lipinski definition) is 5. The number of ether oxygens (including phenoxy) is 3. The molecule has 0 saturated heterocycles. The monoisotopic (exact) mass is 710 g/mol. The van der Waals surface area contributed by atoms with E-state index in [4.69, 9.17) is 14.2 Å². The van der Waals surface area contributed by atoms with Crippen LogP contribution in [-0.4, -0.2) is 45.0 Å². The van der Waals surface area contributed by atoms with Crippen molar-refractivity contribution < 1.29 is 27.4 Å². The van der Waals surface area contributed by atoms with Crippen molar-refractivity contribution >= 4 is 9.52 Å². The highest BCUT2D eigenvalue weighted by Gasteiger charge is 2.53. The predicted octanol–water partition coefficient (Wildman–Crippen LogP) is 11.8. The number of unbranched alkanes of at least 4 members (excludes halogenated alkanes) is 7. The zero-order valence-electron chi connectivity index (χ0n) is 30.6. The molecule has 2 radical (unpaired) electrons. The third-order valence-electron chi connectivity index (χ3n) is 9.51. The number of fused-ring (bicyclic) bond motifs is 1. The molecule has 3 atom stereocenters. The van der Waals surface area contributed by atoms with E-state index in [1.807, 2.05) is 31.2 Å². The van der Waals surface area contributed by atoms with Gasteiger partial charge in [-0.05, 0) is 60.6 Å². The topological polar surface area (TPSA) is 53.5 Å². The van der Waals surface area contributed by atoms with Gasteiger partial charge < -0.3 is 14.2 Å². The molecule has 50 heavy (non-hydrogen) atoms. The molecule has 0 amide bonds. The van der Waals surface area contributed by atoms with Gasteiger partial charge in [-0.2, -0.15) is 8.78 Å². The first kappa shape index (κ1) is 39.9. The lowest BCUT2D eigenvalue weighted by atomic mass is 9.96. The van der Waals surface area contributed by atoms with Crippen LogP contribution in [0, 0.1) is 11.7 Å². The molecule has 0 aliphatic carbocycles. The Morgan fingerprint density at radius 2 is 1.40 bits per heavy atom. The van der Waals surface area contributed by atoms with E-state index in [0.717, 1.165) is 81.0 Å². The summed E-state index contributed by atoms with van der Waals surface area (Å²) >= 11 is 0. The molecule has 1 aromatic heterocycles. The lowest BCUT2D eigenvalue weighted by Gasteiger charge is -2.21. The zero-order chi connectivity index (χ0) is 35.8. The minimum atomic E-state index is -3.43. The molecule has 3 unspecified atom stereocenters. The lowest BCUT2D eigenvalue weighted by molar-refractivity contribution is -0.0451. The van der Waals surface area contributed by atoms with Gasteiger partial charge in [-0.3, -0.25) is 0 Å². The Bertz CT molecular complexity index is 1410. The van der Waals surface area contributed by atoms with E-state index < -0.39 is 23.0 Å². The lowest BCUT2D eigenvalue weighted by Crippen LogP contribution is -2.37. The molecule has 2 heterocycles. The summed E-state index contributed by atoms with van der Waals surface area (Å²) in [6, 6.07) is 10.5. The Labute approximate surface area is 301 Å². The van der Waals surface area contributed by atoms with Crippen molar-refractivity contribution in [2.75, 3.05) is 19.8 Å². The molecule has 1 aliphatic rings. The van der Waals surface area contributed by atoms with Gasteiger partial charge in [-0.1, -0.05) is 110 Å². The van der Waals surface area contributed by atoms with E-state index in [-0.39, 0.29) is 32.2 Å². The van der Waals surface area contributed by atoms with Crippen LogP contribution in [0.15, 0.2) is 48.8 Å². The average molecular weight is 711 g/mol. The van der Waals surface area contributed by atoms with Crippen LogP contribution in [0.1, 0.15) is 123 Å². The molecule has 9 heteroatoms. The van der Waals surface area contributed by atoms with E-state index in [9.17, 15) is 0 Å². The minimum Gasteiger partial charge on any atom is -0.494 e. The molecule has 0 bridgehead atoms. The van der Waals surface area contributed by atoms with Crippen molar-refractivity contribution in [1.82, 2.24) is 9.97 Å². The number of halogens is 3. The first-order valence-electron chi connectivity index (χ1n) is 19.0. The molecule has 0 saturated carbocycles. The summed E-state index contributed by atoms with van der Waals surface area (Å²) in [6.07, 6.45) is 19.2. The van der Waals surface area contributed by atoms with Crippen LogP contribution in [0.4, 0.5) is 13.2 Å². The van der Waals surface area contributed by atoms with Gasteiger partial charge in [0.25, 0.3) is 0 Å². The Morgan fingerprint density at radius 3 is 2.10 bits per heavy atom. The summed E-state index contributed by atoms with van der Waals surface area (Å²) in [7, 11) is -0.129. The summed E-state index contributed by atoms with van der Waals surface area (Å²) in [6.45, 7) is 10.9. The molecule has 0 fully saturated rings. The number of hydrogen-bond donors (Lipinski definition) is 0. The maximum absolute atomic E-state index is 15.8. The molecule has 4 rings (SSSR count). The number of rotatable bonds is 24. The number of nitrogens with zero attached hydrogens (tertiary/aromatic N) is 2. The van der Waals surface area contributed by atoms with Crippen LogP contribution in [0.25, 0.3) is 22.5 Å². The first-order chi connectivity index (χ1) is 24.2. The van der Waals surface area contributed by atoms with Crippen molar-refractivity contribution in [3.63, 3.8) is 0 Å². The van der Waals surface area contributed by atoms with Crippen LogP contribution >= 0.6 is 0 Å². The SMILES string of the molecule is CCCCCC(C)CCCCCCC(C)[Si]C1Oc2ccc(-c3ncc(-c4ccc(OCCCCOCCCC)cc4)cn3)c(F)c2C1(F)F. The summed E-state index contributed by atoms with van der Waals surface area (Å²) in [5.41, 5.74) is -0.428. The Hall–Kier alpha value is -2.91. The minimum absolute atomic E-state index is 0.0538. The van der Waals surface area contributed by atoms with Crippen molar-refractivity contribution in [2.24, 2.45) is 5.92 Å². The fraction of sp³-hybridized carbons (Fsp3) is 0.610. The third kappa shape index (κ3) is 11.8. The smallest absolute Gasteiger partial charge is 0.311 e. The molecule has 5 nitrogen and oxygen atoms in total. The summed E-state index contributed by atoms with van der Waals surface area (Å²) in [4.78, 5) is 8.70. The van der Waals surface area contributed by atoms with E-state index in [1.54, 1.807) is 12.4 Å². The van der Waals surface area contributed by atoms with Crippen LogP contribution in [0.5, 0.6) is 11.5 Å². The summed E-state index contributed by atoms with van der Waals surface area (Å²) in [5.74, 6) is -2.93. The van der Waals surface area contributed by atoms with E-state index in [1.165, 1.54) is 57.1 Å². The van der Waals surface area contributed by atoms with Gasteiger partial charge in [0.2, 0.25) is 0 Å². The highest BCUT2D eigenvalue weighted by molar-refractivity contribution is 6.39. The van der Waals surface area contributed by atoms with Crippen molar-refractivity contribution in [2.45, 2.75) is 135 Å². The van der Waals surface area contributed by atoms with Crippen LogP contribution in [0.2, 0.25) is 5.54 Å². The zero-order valence-corrected chi connectivity index (χ0v) is 31.6. The van der Waals surface area contributed by atoms with Gasteiger partial charge in [0.15, 0.2) is 5.82 Å². The molecule has 2 aromatic carbocycles. The third-order valence-corrected chi connectivity index (χ3v) is 11.1. The second-order valence-electron chi connectivity index (χ2n) is 13.9. The number of aromatic nitrogens is 2. The van der Waals surface area contributed by atoms with Gasteiger partial charge in [0.1, 0.15) is 38.1 Å². The summed E-state index contributed by atoms with van der Waals surface area (Å²) < 4.78 is 64.2. The van der Waals surface area contributed by atoms with Gasteiger partial charge in [0, 0.05) is 31.2 Å². The van der Waals surface area contributed by atoms with Crippen LogP contribution < -0.4 is 9.47 Å². The average Bonchev–Trinajstić information content (AvgIpc) is 3.37. The molecule has 274 valence electrons. The fourth-order valence-corrected chi connectivity index (χ4v) is 7.78. The maximum Gasteiger partial charge on any atom is 0.311 e. The maximum atomic E-state index is 15.8. The normalized spacial score (nSPS) is 16.2. The number of benzene rings is 2. The Kier molecular flexibility index (Phi) is 16.6. The van der Waals surface area contributed by atoms with Crippen molar-refractivity contribution in [1.29, 1.82) is 0 Å². The summed E-state index contributed by atoms with van der Waals surface area (Å²) in [5, 5.41) is 0. The highest BCUT2D eigenvalue weighted by atomic mass is 28.2. The standard InChI is InChI=1S/C41H57F3N2O3Si/c1-5-7-11-16-30(3)17-12-9-10-13-18-31(4)50-40-41(43,44)37-36(49-40)24-23-35(38(37)42)39-45-28-33(29-46-39)32-19-21-34(22-20-32)48-27-15-14-26-47-25-8-6-2/h19-24,28-31,40H,5-18,25-27H2,1-4H3. The Morgan fingerprint density at radius 1 is 0.760 bits per heavy atom. The molecule has 0 N–H and O–H groups in total. The second kappa shape index (κ2) is 20.8. The van der Waals surface area contributed by atoms with Crippen molar-refractivity contribution in [3.05, 3.63) is 60.2 Å². The first-order valence-corrected chi connectivity index (χ1v) is 20.2. The van der Waals surface area contributed by atoms with E-state index in [2.05, 4.69) is 30.7 Å². The van der Waals surface area contributed by atoms with E-state index in [0.29, 0.717) is 6.61 Å². The largest absolute Gasteiger partial charge is 0.494 e. The van der Waals surface area contributed by atoms with E-state index >= 15 is 13.2 Å². The molecular weight excluding hydrogens is 654 g/mol. The quantitative estimate of drug-likeness (QED) is 0.0684. The fourth-order valence-electron chi connectivity index (χ4n) is 6.34. The Balaban J connectivity index is 1.25. The molecule has 1 aliphatic heterocycles.